The zero-order valence-electron chi connectivity index (χ0n) is 17.9. The maximum atomic E-state index is 13.1. The van der Waals surface area contributed by atoms with Gasteiger partial charge in [0.25, 0.3) is 0 Å². The molecule has 5 nitrogen and oxygen atoms in total. The Labute approximate surface area is 174 Å². The van der Waals surface area contributed by atoms with Crippen molar-refractivity contribution in [2.45, 2.75) is 58.7 Å². The minimum absolute atomic E-state index is 0.0310. The van der Waals surface area contributed by atoms with Gasteiger partial charge in [-0.1, -0.05) is 49.4 Å². The van der Waals surface area contributed by atoms with Crippen LogP contribution < -0.4 is 10.1 Å². The first kappa shape index (κ1) is 22.5. The van der Waals surface area contributed by atoms with E-state index >= 15 is 0 Å². The molecule has 0 fully saturated rings. The van der Waals surface area contributed by atoms with E-state index in [2.05, 4.69) is 5.32 Å². The van der Waals surface area contributed by atoms with Crippen LogP contribution in [0.4, 0.5) is 0 Å². The summed E-state index contributed by atoms with van der Waals surface area (Å²) < 4.78 is 5.21. The molecule has 0 saturated carbocycles. The third-order valence-electron chi connectivity index (χ3n) is 5.15. The quantitative estimate of drug-likeness (QED) is 0.661. The number of aryl methyl sites for hydroxylation is 1. The molecule has 0 aliphatic heterocycles. The molecule has 2 amide bonds. The van der Waals surface area contributed by atoms with Gasteiger partial charge in [-0.15, -0.1) is 0 Å². The van der Waals surface area contributed by atoms with Crippen LogP contribution in [0.25, 0.3) is 0 Å². The second kappa shape index (κ2) is 11.2. The number of hydrogen-bond acceptors (Lipinski definition) is 3. The summed E-state index contributed by atoms with van der Waals surface area (Å²) in [4.78, 5) is 27.4. The van der Waals surface area contributed by atoms with Crippen molar-refractivity contribution in [3.8, 4) is 5.75 Å². The molecule has 5 heteroatoms. The molecule has 0 aliphatic rings. The Morgan fingerprint density at radius 2 is 1.66 bits per heavy atom. The van der Waals surface area contributed by atoms with Crippen molar-refractivity contribution in [1.82, 2.24) is 10.2 Å². The predicted molar refractivity (Wildman–Crippen MR) is 116 cm³/mol. The summed E-state index contributed by atoms with van der Waals surface area (Å²) in [7, 11) is 1.62. The van der Waals surface area contributed by atoms with Crippen LogP contribution in [-0.2, 0) is 22.6 Å². The molecule has 29 heavy (non-hydrogen) atoms. The van der Waals surface area contributed by atoms with Crippen molar-refractivity contribution in [2.75, 3.05) is 7.11 Å². The van der Waals surface area contributed by atoms with Gasteiger partial charge in [0.2, 0.25) is 11.8 Å². The molecule has 0 bridgehead atoms. The first-order valence-corrected chi connectivity index (χ1v) is 10.2. The number of methoxy groups -OCH3 is 1. The number of nitrogens with zero attached hydrogens (tertiary/aromatic N) is 1. The van der Waals surface area contributed by atoms with E-state index in [4.69, 9.17) is 4.74 Å². The second-order valence-corrected chi connectivity index (χ2v) is 7.35. The van der Waals surface area contributed by atoms with Crippen molar-refractivity contribution in [3.05, 3.63) is 65.7 Å². The Hall–Kier alpha value is -2.82. The number of carbonyl (C=O) groups excluding carboxylic acids is 2. The van der Waals surface area contributed by atoms with Crippen LogP contribution in [0.3, 0.4) is 0 Å². The van der Waals surface area contributed by atoms with Crippen LogP contribution in [0.2, 0.25) is 0 Å². The standard InChI is InChI=1S/C24H32N2O3/c1-5-18(2)25-24(28)19(3)26(17-21-11-14-22(29-4)15-12-21)23(27)16-13-20-9-7-6-8-10-20/h6-12,14-15,18-19H,5,13,16-17H2,1-4H3,(H,25,28). The lowest BCUT2D eigenvalue weighted by atomic mass is 10.1. The summed E-state index contributed by atoms with van der Waals surface area (Å²) in [5.41, 5.74) is 2.07. The van der Waals surface area contributed by atoms with Crippen LogP contribution in [0, 0.1) is 0 Å². The van der Waals surface area contributed by atoms with Crippen LogP contribution >= 0.6 is 0 Å². The first-order valence-electron chi connectivity index (χ1n) is 10.2. The number of carbonyl (C=O) groups is 2. The topological polar surface area (TPSA) is 58.6 Å². The van der Waals surface area contributed by atoms with E-state index in [9.17, 15) is 9.59 Å². The van der Waals surface area contributed by atoms with Crippen molar-refractivity contribution >= 4 is 11.8 Å². The Morgan fingerprint density at radius 3 is 2.24 bits per heavy atom. The van der Waals surface area contributed by atoms with Gasteiger partial charge in [0.05, 0.1) is 7.11 Å². The van der Waals surface area contributed by atoms with Gasteiger partial charge in [0.1, 0.15) is 11.8 Å². The van der Waals surface area contributed by atoms with Gasteiger partial charge in [-0.3, -0.25) is 9.59 Å². The average molecular weight is 397 g/mol. The Balaban J connectivity index is 2.13. The number of nitrogens with one attached hydrogen (secondary N) is 1. The number of benzene rings is 2. The number of ether oxygens (including phenoxy) is 1. The molecule has 0 radical (unpaired) electrons. The lowest BCUT2D eigenvalue weighted by Gasteiger charge is -2.30. The Bertz CT molecular complexity index is 774. The average Bonchev–Trinajstić information content (AvgIpc) is 2.76. The van der Waals surface area contributed by atoms with E-state index in [-0.39, 0.29) is 17.9 Å². The van der Waals surface area contributed by atoms with Gasteiger partial charge in [-0.2, -0.15) is 0 Å². The minimum atomic E-state index is -0.547. The van der Waals surface area contributed by atoms with Crippen molar-refractivity contribution < 1.29 is 14.3 Å². The molecule has 0 heterocycles. The lowest BCUT2D eigenvalue weighted by molar-refractivity contribution is -0.140. The molecule has 0 aromatic heterocycles. The maximum absolute atomic E-state index is 13.1. The number of rotatable bonds is 10. The van der Waals surface area contributed by atoms with Gasteiger partial charge in [0.15, 0.2) is 0 Å². The third-order valence-corrected chi connectivity index (χ3v) is 5.15. The lowest BCUT2D eigenvalue weighted by Crippen LogP contribution is -2.49. The fourth-order valence-corrected chi connectivity index (χ4v) is 3.02. The Kier molecular flexibility index (Phi) is 8.71. The highest BCUT2D eigenvalue weighted by molar-refractivity contribution is 5.87. The SMILES string of the molecule is CCC(C)NC(=O)C(C)N(Cc1ccc(OC)cc1)C(=O)CCc1ccccc1. The largest absolute Gasteiger partial charge is 0.497 e. The van der Waals surface area contributed by atoms with Crippen LogP contribution in [0.15, 0.2) is 54.6 Å². The molecule has 2 unspecified atom stereocenters. The molecule has 2 aromatic carbocycles. The molecule has 2 rings (SSSR count). The van der Waals surface area contributed by atoms with Gasteiger partial charge < -0.3 is 15.0 Å². The minimum Gasteiger partial charge on any atom is -0.497 e. The van der Waals surface area contributed by atoms with Gasteiger partial charge >= 0.3 is 0 Å². The summed E-state index contributed by atoms with van der Waals surface area (Å²) >= 11 is 0. The summed E-state index contributed by atoms with van der Waals surface area (Å²) in [6.45, 7) is 6.17. The van der Waals surface area contributed by atoms with E-state index in [0.29, 0.717) is 19.4 Å². The fourth-order valence-electron chi connectivity index (χ4n) is 3.02. The zero-order chi connectivity index (χ0) is 21.2. The monoisotopic (exact) mass is 396 g/mol. The third kappa shape index (κ3) is 6.93. The van der Waals surface area contributed by atoms with Gasteiger partial charge in [0, 0.05) is 19.0 Å². The van der Waals surface area contributed by atoms with Crippen LogP contribution in [0.5, 0.6) is 5.75 Å². The highest BCUT2D eigenvalue weighted by Gasteiger charge is 2.26. The number of hydrogen-bond donors (Lipinski definition) is 1. The van der Waals surface area contributed by atoms with Gasteiger partial charge in [-0.05, 0) is 49.9 Å². The van der Waals surface area contributed by atoms with Crippen molar-refractivity contribution in [3.63, 3.8) is 0 Å². The molecule has 156 valence electrons. The molecule has 0 spiro atoms. The first-order chi connectivity index (χ1) is 13.9. The van der Waals surface area contributed by atoms with Crippen molar-refractivity contribution in [2.24, 2.45) is 0 Å². The molecular formula is C24H32N2O3. The normalized spacial score (nSPS) is 12.7. The Morgan fingerprint density at radius 1 is 1.00 bits per heavy atom. The zero-order valence-corrected chi connectivity index (χ0v) is 17.9. The molecule has 0 saturated heterocycles. The molecule has 0 aliphatic carbocycles. The molecular weight excluding hydrogens is 364 g/mol. The van der Waals surface area contributed by atoms with E-state index < -0.39 is 6.04 Å². The van der Waals surface area contributed by atoms with E-state index in [1.807, 2.05) is 68.4 Å². The highest BCUT2D eigenvalue weighted by atomic mass is 16.5. The number of amides is 2. The van der Waals surface area contributed by atoms with Crippen molar-refractivity contribution in [1.29, 1.82) is 0 Å². The second-order valence-electron chi connectivity index (χ2n) is 7.35. The van der Waals surface area contributed by atoms with Crippen LogP contribution in [-0.4, -0.2) is 35.9 Å². The highest BCUT2D eigenvalue weighted by Crippen LogP contribution is 2.16. The van der Waals surface area contributed by atoms with E-state index in [1.54, 1.807) is 18.9 Å². The fraction of sp³-hybridized carbons (Fsp3) is 0.417. The molecule has 2 atom stereocenters. The van der Waals surface area contributed by atoms with E-state index in [0.717, 1.165) is 23.3 Å². The van der Waals surface area contributed by atoms with Gasteiger partial charge in [-0.25, -0.2) is 0 Å². The summed E-state index contributed by atoms with van der Waals surface area (Å²) in [6, 6.07) is 17.0. The summed E-state index contributed by atoms with van der Waals surface area (Å²) in [5, 5.41) is 2.99. The predicted octanol–water partition coefficient (Wildman–Crippen LogP) is 3.96. The molecule has 2 aromatic rings. The van der Waals surface area contributed by atoms with Crippen LogP contribution in [0.1, 0.15) is 44.7 Å². The smallest absolute Gasteiger partial charge is 0.242 e. The molecule has 1 N–H and O–H groups in total. The summed E-state index contributed by atoms with van der Waals surface area (Å²) in [6.07, 6.45) is 1.86. The van der Waals surface area contributed by atoms with E-state index in [1.165, 1.54) is 0 Å². The maximum Gasteiger partial charge on any atom is 0.242 e. The summed E-state index contributed by atoms with van der Waals surface area (Å²) in [5.74, 6) is 0.607.